The van der Waals surface area contributed by atoms with E-state index in [2.05, 4.69) is 25.7 Å². The standard InChI is InChI=1S/C12H16N6O/c1-8-4-11(18-13)10(6-16-8)12(19)15-3-2-9-5-14-7-17-9/h4-7H,2-3,13H2,1H3,(H,14,17)(H,15,19)(H,16,18). The summed E-state index contributed by atoms with van der Waals surface area (Å²) in [6.45, 7) is 2.35. The predicted molar refractivity (Wildman–Crippen MR) is 71.4 cm³/mol. The van der Waals surface area contributed by atoms with Gasteiger partial charge >= 0.3 is 0 Å². The number of nitrogen functional groups attached to an aromatic ring is 1. The van der Waals surface area contributed by atoms with Crippen molar-refractivity contribution < 1.29 is 4.79 Å². The minimum Gasteiger partial charge on any atom is -0.352 e. The fraction of sp³-hybridized carbons (Fsp3) is 0.250. The lowest BCUT2D eigenvalue weighted by molar-refractivity contribution is 0.0954. The van der Waals surface area contributed by atoms with Gasteiger partial charge in [0, 0.05) is 36.7 Å². The minimum absolute atomic E-state index is 0.208. The molecule has 7 nitrogen and oxygen atoms in total. The van der Waals surface area contributed by atoms with Gasteiger partial charge in [-0.1, -0.05) is 0 Å². The van der Waals surface area contributed by atoms with Crippen LogP contribution in [0.15, 0.2) is 24.8 Å². The number of hydrogen-bond acceptors (Lipinski definition) is 5. The number of nitrogens with two attached hydrogens (primary N) is 1. The summed E-state index contributed by atoms with van der Waals surface area (Å²) >= 11 is 0. The second-order valence-electron chi connectivity index (χ2n) is 4.10. The third-order valence-corrected chi connectivity index (χ3v) is 2.68. The van der Waals surface area contributed by atoms with Crippen LogP contribution in [0.3, 0.4) is 0 Å². The number of nitrogens with zero attached hydrogens (tertiary/aromatic N) is 2. The Kier molecular flexibility index (Phi) is 4.09. The number of aromatic amines is 1. The highest BCUT2D eigenvalue weighted by Crippen LogP contribution is 2.13. The summed E-state index contributed by atoms with van der Waals surface area (Å²) in [7, 11) is 0. The van der Waals surface area contributed by atoms with Gasteiger partial charge in [0.15, 0.2) is 0 Å². The maximum absolute atomic E-state index is 12.0. The summed E-state index contributed by atoms with van der Waals surface area (Å²) < 4.78 is 0. The molecule has 5 N–H and O–H groups in total. The van der Waals surface area contributed by atoms with E-state index >= 15 is 0 Å². The maximum atomic E-state index is 12.0. The molecule has 0 atom stereocenters. The second-order valence-corrected chi connectivity index (χ2v) is 4.10. The van der Waals surface area contributed by atoms with E-state index in [1.54, 1.807) is 18.6 Å². The van der Waals surface area contributed by atoms with Crippen molar-refractivity contribution in [2.75, 3.05) is 12.0 Å². The molecule has 0 aromatic carbocycles. The van der Waals surface area contributed by atoms with Crippen molar-refractivity contribution in [3.8, 4) is 0 Å². The molecule has 0 spiro atoms. The van der Waals surface area contributed by atoms with E-state index in [1.807, 2.05) is 6.92 Å². The van der Waals surface area contributed by atoms with Crippen molar-refractivity contribution in [1.29, 1.82) is 0 Å². The number of H-pyrrole nitrogens is 1. The highest BCUT2D eigenvalue weighted by Gasteiger charge is 2.11. The van der Waals surface area contributed by atoms with Crippen molar-refractivity contribution in [3.63, 3.8) is 0 Å². The smallest absolute Gasteiger partial charge is 0.255 e. The van der Waals surface area contributed by atoms with Gasteiger partial charge in [0.25, 0.3) is 5.91 Å². The Balaban J connectivity index is 1.96. The SMILES string of the molecule is Cc1cc(NN)c(C(=O)NCCc2cnc[nH]2)cn1. The Morgan fingerprint density at radius 1 is 1.47 bits per heavy atom. The number of hydrazine groups is 1. The van der Waals surface area contributed by atoms with Crippen LogP contribution in [-0.2, 0) is 6.42 Å². The Bertz CT molecular complexity index is 551. The molecule has 2 rings (SSSR count). The molecule has 1 amide bonds. The molecular weight excluding hydrogens is 244 g/mol. The van der Waals surface area contributed by atoms with Crippen molar-refractivity contribution in [3.05, 3.63) is 41.7 Å². The van der Waals surface area contributed by atoms with E-state index < -0.39 is 0 Å². The quantitative estimate of drug-likeness (QED) is 0.459. The van der Waals surface area contributed by atoms with E-state index in [0.29, 0.717) is 24.2 Å². The molecular formula is C12H16N6O. The number of anilines is 1. The lowest BCUT2D eigenvalue weighted by Gasteiger charge is -2.09. The first-order valence-electron chi connectivity index (χ1n) is 5.89. The number of pyridine rings is 1. The number of imidazole rings is 1. The number of carbonyl (C=O) groups excluding carboxylic acids is 1. The number of nitrogens with one attached hydrogen (secondary N) is 3. The molecule has 0 radical (unpaired) electrons. The van der Waals surface area contributed by atoms with Crippen molar-refractivity contribution in [2.24, 2.45) is 5.84 Å². The van der Waals surface area contributed by atoms with Gasteiger partial charge in [-0.15, -0.1) is 0 Å². The van der Waals surface area contributed by atoms with Gasteiger partial charge in [-0.3, -0.25) is 15.6 Å². The van der Waals surface area contributed by atoms with Gasteiger partial charge in [0.2, 0.25) is 0 Å². The van der Waals surface area contributed by atoms with E-state index in [4.69, 9.17) is 5.84 Å². The maximum Gasteiger partial charge on any atom is 0.255 e. The van der Waals surface area contributed by atoms with Crippen LogP contribution in [0.25, 0.3) is 0 Å². The largest absolute Gasteiger partial charge is 0.352 e. The van der Waals surface area contributed by atoms with Crippen molar-refractivity contribution in [2.45, 2.75) is 13.3 Å². The van der Waals surface area contributed by atoms with Crippen molar-refractivity contribution >= 4 is 11.6 Å². The summed E-state index contributed by atoms with van der Waals surface area (Å²) in [5.41, 5.74) is 5.26. The van der Waals surface area contributed by atoms with E-state index in [9.17, 15) is 4.79 Å². The molecule has 0 aliphatic carbocycles. The zero-order valence-electron chi connectivity index (χ0n) is 10.6. The van der Waals surface area contributed by atoms with E-state index in [1.165, 1.54) is 6.20 Å². The first-order valence-corrected chi connectivity index (χ1v) is 5.89. The highest BCUT2D eigenvalue weighted by molar-refractivity contribution is 5.99. The predicted octanol–water partition coefficient (Wildman–Crippen LogP) is 0.371. The fourth-order valence-electron chi connectivity index (χ4n) is 1.69. The van der Waals surface area contributed by atoms with Gasteiger partial charge < -0.3 is 15.7 Å². The third kappa shape index (κ3) is 3.29. The topological polar surface area (TPSA) is 109 Å². The van der Waals surface area contributed by atoms with E-state index in [0.717, 1.165) is 11.4 Å². The molecule has 0 fully saturated rings. The Morgan fingerprint density at radius 3 is 3.00 bits per heavy atom. The molecule has 2 heterocycles. The normalized spacial score (nSPS) is 10.2. The molecule has 0 aliphatic heterocycles. The molecule has 0 unspecified atom stereocenters. The molecule has 0 saturated carbocycles. The summed E-state index contributed by atoms with van der Waals surface area (Å²) in [5.74, 6) is 5.18. The number of amides is 1. The van der Waals surface area contributed by atoms with Gasteiger partial charge in [-0.2, -0.15) is 0 Å². The number of aryl methyl sites for hydroxylation is 1. The Labute approximate surface area is 110 Å². The summed E-state index contributed by atoms with van der Waals surface area (Å²) in [6, 6.07) is 1.73. The molecule has 2 aromatic heterocycles. The Hall–Kier alpha value is -2.41. The van der Waals surface area contributed by atoms with Crippen molar-refractivity contribution in [1.82, 2.24) is 20.3 Å². The second kappa shape index (κ2) is 5.96. The zero-order valence-corrected chi connectivity index (χ0v) is 10.6. The van der Waals surface area contributed by atoms with Crippen LogP contribution in [0.2, 0.25) is 0 Å². The van der Waals surface area contributed by atoms with Crippen LogP contribution in [0.5, 0.6) is 0 Å². The van der Waals surface area contributed by atoms with Gasteiger partial charge in [0.1, 0.15) is 0 Å². The lowest BCUT2D eigenvalue weighted by Crippen LogP contribution is -2.27. The Morgan fingerprint density at radius 2 is 2.32 bits per heavy atom. The summed E-state index contributed by atoms with van der Waals surface area (Å²) in [6.07, 6.45) is 5.54. The lowest BCUT2D eigenvalue weighted by atomic mass is 10.2. The molecule has 0 aliphatic rings. The van der Waals surface area contributed by atoms with Crippen LogP contribution in [0, 0.1) is 6.92 Å². The molecule has 19 heavy (non-hydrogen) atoms. The third-order valence-electron chi connectivity index (χ3n) is 2.68. The monoisotopic (exact) mass is 260 g/mol. The van der Waals surface area contributed by atoms with Crippen LogP contribution in [0.4, 0.5) is 5.69 Å². The zero-order chi connectivity index (χ0) is 13.7. The van der Waals surface area contributed by atoms with Gasteiger partial charge in [-0.25, -0.2) is 4.98 Å². The average Bonchev–Trinajstić information content (AvgIpc) is 2.91. The number of rotatable bonds is 5. The van der Waals surface area contributed by atoms with E-state index in [-0.39, 0.29) is 5.91 Å². The average molecular weight is 260 g/mol. The molecule has 0 saturated heterocycles. The number of hydrogen-bond donors (Lipinski definition) is 4. The first-order chi connectivity index (χ1) is 9.20. The number of carbonyl (C=O) groups is 1. The fourth-order valence-corrected chi connectivity index (χ4v) is 1.69. The summed E-state index contributed by atoms with van der Waals surface area (Å²) in [5, 5.41) is 2.81. The van der Waals surface area contributed by atoms with Crippen LogP contribution in [-0.4, -0.2) is 27.4 Å². The molecule has 2 aromatic rings. The number of aromatic nitrogens is 3. The minimum atomic E-state index is -0.208. The molecule has 100 valence electrons. The summed E-state index contributed by atoms with van der Waals surface area (Å²) in [4.78, 5) is 23.0. The highest BCUT2D eigenvalue weighted by atomic mass is 16.1. The van der Waals surface area contributed by atoms with Crippen LogP contribution >= 0.6 is 0 Å². The van der Waals surface area contributed by atoms with Crippen LogP contribution < -0.4 is 16.6 Å². The molecule has 7 heteroatoms. The molecule has 0 bridgehead atoms. The van der Waals surface area contributed by atoms with Gasteiger partial charge in [0.05, 0.1) is 17.6 Å². The van der Waals surface area contributed by atoms with Gasteiger partial charge in [-0.05, 0) is 13.0 Å². The van der Waals surface area contributed by atoms with Crippen LogP contribution in [0.1, 0.15) is 21.7 Å². The first kappa shape index (κ1) is 13.0.